The maximum absolute atomic E-state index is 12.2. The molecule has 0 aromatic heterocycles. The van der Waals surface area contributed by atoms with E-state index in [1.807, 2.05) is 0 Å². The quantitative estimate of drug-likeness (QED) is 0.835. The molecule has 0 atom stereocenters. The van der Waals surface area contributed by atoms with Crippen LogP contribution in [0.2, 0.25) is 0 Å². The van der Waals surface area contributed by atoms with Gasteiger partial charge in [-0.3, -0.25) is 9.59 Å². The molecule has 0 aliphatic heterocycles. The molecule has 0 aromatic rings. The van der Waals surface area contributed by atoms with Crippen molar-refractivity contribution in [2.75, 3.05) is 6.54 Å². The maximum Gasteiger partial charge on any atom is 0.306 e. The molecule has 0 saturated heterocycles. The smallest absolute Gasteiger partial charge is 0.306 e. The molecule has 0 unspecified atom stereocenters. The molecule has 2 saturated carbocycles. The Morgan fingerprint density at radius 2 is 1.33 bits per heavy atom. The van der Waals surface area contributed by atoms with Gasteiger partial charge in [0, 0.05) is 12.5 Å². The van der Waals surface area contributed by atoms with Crippen molar-refractivity contribution in [2.45, 2.75) is 70.6 Å². The molecular formula is C17H29NO3. The van der Waals surface area contributed by atoms with Crippen molar-refractivity contribution in [3.05, 3.63) is 0 Å². The average molecular weight is 295 g/mol. The lowest BCUT2D eigenvalue weighted by molar-refractivity contribution is -0.144. The van der Waals surface area contributed by atoms with Gasteiger partial charge in [0.1, 0.15) is 0 Å². The van der Waals surface area contributed by atoms with Crippen LogP contribution in [0.5, 0.6) is 0 Å². The number of aliphatic carboxylic acids is 1. The van der Waals surface area contributed by atoms with Crippen LogP contribution in [0.3, 0.4) is 0 Å². The van der Waals surface area contributed by atoms with Crippen LogP contribution in [0.1, 0.15) is 70.6 Å². The lowest BCUT2D eigenvalue weighted by Gasteiger charge is -2.26. The highest BCUT2D eigenvalue weighted by Gasteiger charge is 2.29. The molecule has 0 aromatic carbocycles. The Morgan fingerprint density at radius 3 is 1.90 bits per heavy atom. The van der Waals surface area contributed by atoms with Gasteiger partial charge in [0.2, 0.25) is 5.91 Å². The van der Waals surface area contributed by atoms with Crippen LogP contribution in [0.25, 0.3) is 0 Å². The van der Waals surface area contributed by atoms with Gasteiger partial charge in [0.15, 0.2) is 0 Å². The summed E-state index contributed by atoms with van der Waals surface area (Å²) in [5.74, 6) is -0.109. The van der Waals surface area contributed by atoms with Crippen LogP contribution >= 0.6 is 0 Å². The number of carbonyl (C=O) groups excluding carboxylic acids is 1. The molecule has 2 aliphatic carbocycles. The van der Waals surface area contributed by atoms with Crippen LogP contribution in [-0.4, -0.2) is 23.5 Å². The van der Waals surface area contributed by atoms with Crippen molar-refractivity contribution in [1.29, 1.82) is 0 Å². The van der Waals surface area contributed by atoms with E-state index in [0.717, 1.165) is 19.4 Å². The minimum atomic E-state index is -0.705. The first-order chi connectivity index (χ1) is 10.2. The Hall–Kier alpha value is -1.06. The number of hydrogen-bond donors (Lipinski definition) is 2. The molecule has 0 radical (unpaired) electrons. The molecule has 120 valence electrons. The number of amides is 1. The number of carboxylic acids is 1. The summed E-state index contributed by atoms with van der Waals surface area (Å²) in [6, 6.07) is 0. The largest absolute Gasteiger partial charge is 0.481 e. The van der Waals surface area contributed by atoms with Crippen LogP contribution < -0.4 is 5.32 Å². The van der Waals surface area contributed by atoms with Crippen LogP contribution in [0.15, 0.2) is 0 Å². The van der Waals surface area contributed by atoms with Crippen molar-refractivity contribution in [1.82, 2.24) is 5.32 Å². The fourth-order valence-electron chi connectivity index (χ4n) is 3.74. The Balaban J connectivity index is 1.68. The predicted octanol–water partition coefficient (Wildman–Crippen LogP) is 3.35. The van der Waals surface area contributed by atoms with E-state index in [4.69, 9.17) is 5.11 Å². The summed E-state index contributed by atoms with van der Waals surface area (Å²) >= 11 is 0. The van der Waals surface area contributed by atoms with Gasteiger partial charge in [-0.2, -0.15) is 0 Å². The first-order valence-corrected chi connectivity index (χ1v) is 8.67. The molecule has 4 heteroatoms. The van der Waals surface area contributed by atoms with Crippen LogP contribution in [-0.2, 0) is 9.59 Å². The van der Waals surface area contributed by atoms with Gasteiger partial charge in [-0.1, -0.05) is 32.1 Å². The van der Waals surface area contributed by atoms with Gasteiger partial charge >= 0.3 is 5.97 Å². The van der Waals surface area contributed by atoms with E-state index in [1.54, 1.807) is 0 Å². The molecule has 21 heavy (non-hydrogen) atoms. The van der Waals surface area contributed by atoms with E-state index in [1.165, 1.54) is 44.9 Å². The highest BCUT2D eigenvalue weighted by atomic mass is 16.4. The third kappa shape index (κ3) is 5.33. The fraction of sp³-hybridized carbons (Fsp3) is 0.882. The van der Waals surface area contributed by atoms with Gasteiger partial charge in [0.25, 0.3) is 0 Å². The van der Waals surface area contributed by atoms with Gasteiger partial charge in [0.05, 0.1) is 5.92 Å². The molecule has 2 fully saturated rings. The summed E-state index contributed by atoms with van der Waals surface area (Å²) in [6.07, 6.45) is 11.9. The zero-order valence-corrected chi connectivity index (χ0v) is 13.0. The third-order valence-electron chi connectivity index (χ3n) is 5.24. The van der Waals surface area contributed by atoms with E-state index < -0.39 is 5.97 Å². The number of carboxylic acid groups (broad SMARTS) is 1. The number of nitrogens with one attached hydrogen (secondary N) is 1. The highest BCUT2D eigenvalue weighted by Crippen LogP contribution is 2.29. The van der Waals surface area contributed by atoms with Crippen molar-refractivity contribution >= 4 is 11.9 Å². The molecule has 2 N–H and O–H groups in total. The van der Waals surface area contributed by atoms with E-state index in [-0.39, 0.29) is 17.7 Å². The van der Waals surface area contributed by atoms with Crippen molar-refractivity contribution in [2.24, 2.45) is 17.8 Å². The number of carbonyl (C=O) groups is 2. The van der Waals surface area contributed by atoms with Crippen molar-refractivity contribution in [3.8, 4) is 0 Å². The molecule has 4 nitrogen and oxygen atoms in total. The molecule has 0 heterocycles. The summed E-state index contributed by atoms with van der Waals surface area (Å²) in [4.78, 5) is 23.1. The molecule has 2 aliphatic rings. The lowest BCUT2D eigenvalue weighted by atomic mass is 9.81. The SMILES string of the molecule is O=C(O)C1CCC(C(=O)NCC2CCCCCCC2)CC1. The minimum absolute atomic E-state index is 0.0363. The summed E-state index contributed by atoms with van der Waals surface area (Å²) in [5.41, 5.74) is 0. The number of rotatable bonds is 4. The Labute approximate surface area is 127 Å². The Bertz CT molecular complexity index is 340. The monoisotopic (exact) mass is 295 g/mol. The molecular weight excluding hydrogens is 266 g/mol. The number of hydrogen-bond acceptors (Lipinski definition) is 2. The van der Waals surface area contributed by atoms with Crippen LogP contribution in [0.4, 0.5) is 0 Å². The zero-order valence-electron chi connectivity index (χ0n) is 13.0. The van der Waals surface area contributed by atoms with E-state index in [0.29, 0.717) is 18.8 Å². The normalized spacial score (nSPS) is 28.4. The summed E-state index contributed by atoms with van der Waals surface area (Å²) in [7, 11) is 0. The fourth-order valence-corrected chi connectivity index (χ4v) is 3.74. The van der Waals surface area contributed by atoms with Crippen molar-refractivity contribution < 1.29 is 14.7 Å². The van der Waals surface area contributed by atoms with Gasteiger partial charge in [-0.05, 0) is 44.4 Å². The second-order valence-corrected chi connectivity index (χ2v) is 6.84. The second kappa shape index (κ2) is 8.40. The first-order valence-electron chi connectivity index (χ1n) is 8.67. The second-order valence-electron chi connectivity index (χ2n) is 6.84. The van der Waals surface area contributed by atoms with E-state index in [2.05, 4.69) is 5.32 Å². The molecule has 0 bridgehead atoms. The predicted molar refractivity (Wildman–Crippen MR) is 81.9 cm³/mol. The maximum atomic E-state index is 12.2. The van der Waals surface area contributed by atoms with E-state index >= 15 is 0 Å². The molecule has 2 rings (SSSR count). The highest BCUT2D eigenvalue weighted by molar-refractivity contribution is 5.79. The summed E-state index contributed by atoms with van der Waals surface area (Å²) < 4.78 is 0. The van der Waals surface area contributed by atoms with Crippen LogP contribution in [0, 0.1) is 17.8 Å². The van der Waals surface area contributed by atoms with Gasteiger partial charge < -0.3 is 10.4 Å². The van der Waals surface area contributed by atoms with Gasteiger partial charge in [-0.25, -0.2) is 0 Å². The Kier molecular flexibility index (Phi) is 6.52. The van der Waals surface area contributed by atoms with E-state index in [9.17, 15) is 9.59 Å². The molecule has 0 spiro atoms. The summed E-state index contributed by atoms with van der Waals surface area (Å²) in [6.45, 7) is 0.817. The first kappa shape index (κ1) is 16.3. The standard InChI is InChI=1S/C17H29NO3/c19-16(14-8-10-15(11-9-14)17(20)21)18-12-13-6-4-2-1-3-5-7-13/h13-15H,1-12H2,(H,18,19)(H,20,21). The topological polar surface area (TPSA) is 66.4 Å². The van der Waals surface area contributed by atoms with Crippen molar-refractivity contribution in [3.63, 3.8) is 0 Å². The third-order valence-corrected chi connectivity index (χ3v) is 5.24. The average Bonchev–Trinajstić information content (AvgIpc) is 2.46. The minimum Gasteiger partial charge on any atom is -0.481 e. The Morgan fingerprint density at radius 1 is 0.810 bits per heavy atom. The molecule has 1 amide bonds. The summed E-state index contributed by atoms with van der Waals surface area (Å²) in [5, 5.41) is 12.1. The van der Waals surface area contributed by atoms with Gasteiger partial charge in [-0.15, -0.1) is 0 Å². The lowest BCUT2D eigenvalue weighted by Crippen LogP contribution is -2.37. The zero-order chi connectivity index (χ0) is 15.1.